The van der Waals surface area contributed by atoms with Gasteiger partial charge in [-0.1, -0.05) is 27.5 Å². The van der Waals surface area contributed by atoms with Gasteiger partial charge in [-0.3, -0.25) is 9.59 Å². The Balaban J connectivity index is 1.53. The molecule has 0 N–H and O–H groups in total. The standard InChI is InChI=1S/C20H20BrClN2O3/c1-14(27-18-8-4-16(21)5-9-18)19(25)23-10-12-24(13-11-23)20(26)15-2-6-17(22)7-3-15/h2-9,14H,10-13H2,1H3. The van der Waals surface area contributed by atoms with Crippen LogP contribution in [0.4, 0.5) is 0 Å². The van der Waals surface area contributed by atoms with Gasteiger partial charge in [-0.05, 0) is 55.5 Å². The zero-order valence-corrected chi connectivity index (χ0v) is 17.2. The Kier molecular flexibility index (Phi) is 6.39. The van der Waals surface area contributed by atoms with Crippen LogP contribution in [0.1, 0.15) is 17.3 Å². The third-order valence-electron chi connectivity index (χ3n) is 4.44. The SMILES string of the molecule is CC(Oc1ccc(Br)cc1)C(=O)N1CCN(C(=O)c2ccc(Cl)cc2)CC1. The molecule has 2 aromatic rings. The monoisotopic (exact) mass is 450 g/mol. The molecule has 7 heteroatoms. The van der Waals surface area contributed by atoms with Gasteiger partial charge in [0.15, 0.2) is 6.10 Å². The number of halogens is 2. The summed E-state index contributed by atoms with van der Waals surface area (Å²) in [6.07, 6.45) is -0.579. The van der Waals surface area contributed by atoms with Crippen molar-refractivity contribution in [1.29, 1.82) is 0 Å². The Labute approximate surface area is 172 Å². The molecule has 1 fully saturated rings. The van der Waals surface area contributed by atoms with Gasteiger partial charge in [-0.25, -0.2) is 0 Å². The lowest BCUT2D eigenvalue weighted by atomic mass is 10.1. The van der Waals surface area contributed by atoms with Gasteiger partial charge in [0.2, 0.25) is 0 Å². The van der Waals surface area contributed by atoms with Gasteiger partial charge in [0.25, 0.3) is 11.8 Å². The lowest BCUT2D eigenvalue weighted by molar-refractivity contribution is -0.139. The molecule has 0 bridgehead atoms. The Morgan fingerprint density at radius 2 is 1.52 bits per heavy atom. The van der Waals surface area contributed by atoms with Crippen LogP contribution in [0.2, 0.25) is 5.02 Å². The summed E-state index contributed by atoms with van der Waals surface area (Å²) in [7, 11) is 0. The van der Waals surface area contributed by atoms with Gasteiger partial charge in [0.1, 0.15) is 5.75 Å². The third kappa shape index (κ3) is 5.02. The van der Waals surface area contributed by atoms with Crippen molar-refractivity contribution in [3.63, 3.8) is 0 Å². The van der Waals surface area contributed by atoms with E-state index < -0.39 is 6.10 Å². The minimum absolute atomic E-state index is 0.0436. The number of carbonyl (C=O) groups is 2. The molecule has 142 valence electrons. The number of hydrogen-bond donors (Lipinski definition) is 0. The summed E-state index contributed by atoms with van der Waals surface area (Å²) in [6.45, 7) is 3.73. The average molecular weight is 452 g/mol. The maximum absolute atomic E-state index is 12.6. The highest BCUT2D eigenvalue weighted by atomic mass is 79.9. The number of rotatable bonds is 4. The van der Waals surface area contributed by atoms with Crippen molar-refractivity contribution < 1.29 is 14.3 Å². The predicted octanol–water partition coefficient (Wildman–Crippen LogP) is 3.85. The van der Waals surface area contributed by atoms with E-state index in [1.807, 2.05) is 24.3 Å². The van der Waals surface area contributed by atoms with Crippen LogP contribution in [0.25, 0.3) is 0 Å². The molecule has 0 radical (unpaired) electrons. The van der Waals surface area contributed by atoms with Crippen molar-refractivity contribution in [2.45, 2.75) is 13.0 Å². The van der Waals surface area contributed by atoms with Crippen molar-refractivity contribution in [3.05, 3.63) is 63.6 Å². The first kappa shape index (κ1) is 19.7. The van der Waals surface area contributed by atoms with E-state index in [0.29, 0.717) is 42.5 Å². The van der Waals surface area contributed by atoms with E-state index in [9.17, 15) is 9.59 Å². The molecule has 1 aliphatic heterocycles. The Bertz CT molecular complexity index is 803. The van der Waals surface area contributed by atoms with Crippen molar-refractivity contribution in [2.24, 2.45) is 0 Å². The molecule has 27 heavy (non-hydrogen) atoms. The molecule has 2 amide bonds. The van der Waals surface area contributed by atoms with Crippen molar-refractivity contribution in [1.82, 2.24) is 9.80 Å². The van der Waals surface area contributed by atoms with Gasteiger partial charge >= 0.3 is 0 Å². The van der Waals surface area contributed by atoms with Crippen LogP contribution in [-0.2, 0) is 4.79 Å². The number of benzene rings is 2. The van der Waals surface area contributed by atoms with E-state index in [2.05, 4.69) is 15.9 Å². The average Bonchev–Trinajstić information content (AvgIpc) is 2.69. The molecule has 1 aliphatic rings. The molecule has 0 saturated carbocycles. The number of amides is 2. The molecule has 1 unspecified atom stereocenters. The van der Waals surface area contributed by atoms with Gasteiger partial charge in [0.05, 0.1) is 0 Å². The fourth-order valence-electron chi connectivity index (χ4n) is 2.93. The van der Waals surface area contributed by atoms with Crippen LogP contribution in [0.15, 0.2) is 53.0 Å². The van der Waals surface area contributed by atoms with Crippen LogP contribution >= 0.6 is 27.5 Å². The van der Waals surface area contributed by atoms with Crippen LogP contribution < -0.4 is 4.74 Å². The molecule has 2 aromatic carbocycles. The number of piperazine rings is 1. The summed E-state index contributed by atoms with van der Waals surface area (Å²) in [6, 6.07) is 14.2. The smallest absolute Gasteiger partial charge is 0.263 e. The van der Waals surface area contributed by atoms with Crippen LogP contribution in [0, 0.1) is 0 Å². The first-order chi connectivity index (χ1) is 12.9. The van der Waals surface area contributed by atoms with Crippen LogP contribution in [0.3, 0.4) is 0 Å². The normalized spacial score (nSPS) is 15.4. The minimum atomic E-state index is -0.579. The summed E-state index contributed by atoms with van der Waals surface area (Å²) in [5, 5.41) is 0.599. The molecule has 0 aliphatic carbocycles. The van der Waals surface area contributed by atoms with Crippen LogP contribution in [-0.4, -0.2) is 53.9 Å². The summed E-state index contributed by atoms with van der Waals surface area (Å²) in [5.74, 6) is 0.532. The fourth-order valence-corrected chi connectivity index (χ4v) is 3.32. The van der Waals surface area contributed by atoms with Gasteiger partial charge in [0, 0.05) is 41.2 Å². The van der Waals surface area contributed by atoms with E-state index in [-0.39, 0.29) is 11.8 Å². The molecular weight excluding hydrogens is 432 g/mol. The molecule has 1 saturated heterocycles. The number of ether oxygens (including phenoxy) is 1. The second kappa shape index (κ2) is 8.76. The van der Waals surface area contributed by atoms with E-state index in [1.165, 1.54) is 0 Å². The molecule has 5 nitrogen and oxygen atoms in total. The van der Waals surface area contributed by atoms with Crippen molar-refractivity contribution in [2.75, 3.05) is 26.2 Å². The van der Waals surface area contributed by atoms with Gasteiger partial charge < -0.3 is 14.5 Å². The second-order valence-electron chi connectivity index (χ2n) is 6.34. The maximum Gasteiger partial charge on any atom is 0.263 e. The number of hydrogen-bond acceptors (Lipinski definition) is 3. The van der Waals surface area contributed by atoms with E-state index in [0.717, 1.165) is 4.47 Å². The topological polar surface area (TPSA) is 49.9 Å². The highest BCUT2D eigenvalue weighted by molar-refractivity contribution is 9.10. The Morgan fingerprint density at radius 1 is 0.963 bits per heavy atom. The van der Waals surface area contributed by atoms with Crippen molar-refractivity contribution >= 4 is 39.3 Å². The Hall–Kier alpha value is -2.05. The molecular formula is C20H20BrClN2O3. The molecule has 0 aromatic heterocycles. The number of nitrogens with zero attached hydrogens (tertiary/aromatic N) is 2. The fraction of sp³-hybridized carbons (Fsp3) is 0.300. The highest BCUT2D eigenvalue weighted by Crippen LogP contribution is 2.18. The maximum atomic E-state index is 12.6. The largest absolute Gasteiger partial charge is 0.481 e. The van der Waals surface area contributed by atoms with Crippen LogP contribution in [0.5, 0.6) is 5.75 Å². The van der Waals surface area contributed by atoms with Gasteiger partial charge in [-0.2, -0.15) is 0 Å². The highest BCUT2D eigenvalue weighted by Gasteiger charge is 2.28. The zero-order valence-electron chi connectivity index (χ0n) is 14.9. The van der Waals surface area contributed by atoms with E-state index in [1.54, 1.807) is 41.0 Å². The van der Waals surface area contributed by atoms with E-state index >= 15 is 0 Å². The molecule has 1 heterocycles. The van der Waals surface area contributed by atoms with Crippen molar-refractivity contribution in [3.8, 4) is 5.75 Å². The molecule has 3 rings (SSSR count). The lowest BCUT2D eigenvalue weighted by Crippen LogP contribution is -2.53. The third-order valence-corrected chi connectivity index (χ3v) is 5.22. The van der Waals surface area contributed by atoms with E-state index in [4.69, 9.17) is 16.3 Å². The minimum Gasteiger partial charge on any atom is -0.481 e. The Morgan fingerprint density at radius 3 is 2.11 bits per heavy atom. The summed E-state index contributed by atoms with van der Waals surface area (Å²) in [4.78, 5) is 28.7. The molecule has 0 spiro atoms. The first-order valence-electron chi connectivity index (χ1n) is 8.70. The number of carbonyl (C=O) groups excluding carboxylic acids is 2. The zero-order chi connectivity index (χ0) is 19.4. The van der Waals surface area contributed by atoms with Gasteiger partial charge in [-0.15, -0.1) is 0 Å². The second-order valence-corrected chi connectivity index (χ2v) is 7.69. The summed E-state index contributed by atoms with van der Waals surface area (Å²) >= 11 is 9.24. The summed E-state index contributed by atoms with van der Waals surface area (Å²) in [5.41, 5.74) is 0.603. The predicted molar refractivity (Wildman–Crippen MR) is 108 cm³/mol. The lowest BCUT2D eigenvalue weighted by Gasteiger charge is -2.36. The first-order valence-corrected chi connectivity index (χ1v) is 9.87. The quantitative estimate of drug-likeness (QED) is 0.709. The molecule has 1 atom stereocenters. The summed E-state index contributed by atoms with van der Waals surface area (Å²) < 4.78 is 6.69.